The average Bonchev–Trinajstić information content (AvgIpc) is 2.67. The Morgan fingerprint density at radius 2 is 1.52 bits per heavy atom. The normalized spacial score (nSPS) is 11.9. The van der Waals surface area contributed by atoms with Gasteiger partial charge in [-0.2, -0.15) is 0 Å². The summed E-state index contributed by atoms with van der Waals surface area (Å²) < 4.78 is 5.82. The maximum absolute atomic E-state index is 5.94. The fraction of sp³-hybridized carbons (Fsp3) is 0.182. The third kappa shape index (κ3) is 5.35. The molecule has 0 aromatic heterocycles. The van der Waals surface area contributed by atoms with Gasteiger partial charge in [0.1, 0.15) is 12.4 Å². The zero-order valence-electron chi connectivity index (χ0n) is 14.3. The molecule has 0 aliphatic carbocycles. The maximum atomic E-state index is 5.94. The molecular formula is C22H22ClNO. The van der Waals surface area contributed by atoms with Gasteiger partial charge in [-0.3, -0.25) is 0 Å². The minimum atomic E-state index is 0.270. The molecule has 0 bridgehead atoms. The van der Waals surface area contributed by atoms with E-state index in [0.717, 1.165) is 17.3 Å². The molecule has 0 spiro atoms. The molecule has 0 aliphatic heterocycles. The Morgan fingerprint density at radius 3 is 2.20 bits per heavy atom. The Balaban J connectivity index is 1.49. The van der Waals surface area contributed by atoms with Crippen molar-refractivity contribution in [3.63, 3.8) is 0 Å². The lowest BCUT2D eigenvalue weighted by atomic mass is 10.1. The highest BCUT2D eigenvalue weighted by Gasteiger charge is 2.05. The van der Waals surface area contributed by atoms with Gasteiger partial charge in [-0.15, -0.1) is 0 Å². The van der Waals surface area contributed by atoms with Crippen LogP contribution in [0.3, 0.4) is 0 Å². The van der Waals surface area contributed by atoms with E-state index in [2.05, 4.69) is 48.6 Å². The summed E-state index contributed by atoms with van der Waals surface area (Å²) in [6, 6.07) is 26.7. The smallest absolute Gasteiger partial charge is 0.119 e. The van der Waals surface area contributed by atoms with E-state index in [-0.39, 0.29) is 6.04 Å². The van der Waals surface area contributed by atoms with Gasteiger partial charge in [0.25, 0.3) is 0 Å². The summed E-state index contributed by atoms with van der Waals surface area (Å²) in [5, 5.41) is 4.29. The highest BCUT2D eigenvalue weighted by atomic mass is 35.5. The summed E-state index contributed by atoms with van der Waals surface area (Å²) in [6.45, 7) is 3.55. The standard InChI is InChI=1S/C22H22ClNO/c1-17(20-9-11-21(23)12-10-20)24-15-18-7-13-22(14-8-18)25-16-19-5-3-2-4-6-19/h2-14,17,24H,15-16H2,1H3. The lowest BCUT2D eigenvalue weighted by Crippen LogP contribution is -2.17. The number of benzene rings is 3. The summed E-state index contributed by atoms with van der Waals surface area (Å²) in [4.78, 5) is 0. The molecule has 3 aromatic rings. The second-order valence-corrected chi connectivity index (χ2v) is 6.51. The molecule has 3 aromatic carbocycles. The summed E-state index contributed by atoms with van der Waals surface area (Å²) in [7, 11) is 0. The average molecular weight is 352 g/mol. The molecule has 1 unspecified atom stereocenters. The summed E-state index contributed by atoms with van der Waals surface area (Å²) in [6.07, 6.45) is 0. The molecule has 2 nitrogen and oxygen atoms in total. The topological polar surface area (TPSA) is 21.3 Å². The molecule has 0 saturated heterocycles. The fourth-order valence-corrected chi connectivity index (χ4v) is 2.71. The monoisotopic (exact) mass is 351 g/mol. The van der Waals surface area contributed by atoms with Gasteiger partial charge in [-0.1, -0.05) is 66.2 Å². The molecule has 1 N–H and O–H groups in total. The summed E-state index contributed by atoms with van der Waals surface area (Å²) in [5.74, 6) is 0.887. The van der Waals surface area contributed by atoms with Crippen molar-refractivity contribution in [2.75, 3.05) is 0 Å². The molecule has 3 rings (SSSR count). The minimum Gasteiger partial charge on any atom is -0.489 e. The first kappa shape index (κ1) is 17.5. The Morgan fingerprint density at radius 1 is 0.840 bits per heavy atom. The SMILES string of the molecule is CC(NCc1ccc(OCc2ccccc2)cc1)c1ccc(Cl)cc1. The van der Waals surface area contributed by atoms with Crippen LogP contribution in [0.5, 0.6) is 5.75 Å². The molecule has 0 heterocycles. The Kier molecular flexibility index (Phi) is 6.10. The third-order valence-corrected chi connectivity index (χ3v) is 4.41. The first-order valence-corrected chi connectivity index (χ1v) is 8.83. The molecule has 0 radical (unpaired) electrons. The van der Waals surface area contributed by atoms with E-state index in [1.54, 1.807) is 0 Å². The van der Waals surface area contributed by atoms with E-state index in [4.69, 9.17) is 16.3 Å². The number of hydrogen-bond acceptors (Lipinski definition) is 2. The Labute approximate surface area is 154 Å². The van der Waals surface area contributed by atoms with E-state index in [0.29, 0.717) is 6.61 Å². The molecule has 0 amide bonds. The predicted octanol–water partition coefficient (Wildman–Crippen LogP) is 5.77. The van der Waals surface area contributed by atoms with Gasteiger partial charge in [-0.25, -0.2) is 0 Å². The quantitative estimate of drug-likeness (QED) is 0.583. The van der Waals surface area contributed by atoms with Crippen LogP contribution in [0.4, 0.5) is 0 Å². The van der Waals surface area contributed by atoms with Crippen LogP contribution in [0.15, 0.2) is 78.9 Å². The van der Waals surface area contributed by atoms with Gasteiger partial charge in [0, 0.05) is 17.6 Å². The highest BCUT2D eigenvalue weighted by molar-refractivity contribution is 6.30. The zero-order valence-corrected chi connectivity index (χ0v) is 15.0. The van der Waals surface area contributed by atoms with Crippen molar-refractivity contribution in [3.05, 3.63) is 101 Å². The van der Waals surface area contributed by atoms with Crippen molar-refractivity contribution in [2.24, 2.45) is 0 Å². The Hall–Kier alpha value is -2.29. The number of halogens is 1. The third-order valence-electron chi connectivity index (χ3n) is 4.15. The molecular weight excluding hydrogens is 330 g/mol. The maximum Gasteiger partial charge on any atom is 0.119 e. The van der Waals surface area contributed by atoms with Crippen molar-refractivity contribution < 1.29 is 4.74 Å². The minimum absolute atomic E-state index is 0.270. The van der Waals surface area contributed by atoms with Gasteiger partial charge in [-0.05, 0) is 47.9 Å². The number of nitrogens with one attached hydrogen (secondary N) is 1. The van der Waals surface area contributed by atoms with Crippen LogP contribution in [-0.4, -0.2) is 0 Å². The first-order chi connectivity index (χ1) is 12.2. The predicted molar refractivity (Wildman–Crippen MR) is 104 cm³/mol. The van der Waals surface area contributed by atoms with Gasteiger partial charge in [0.2, 0.25) is 0 Å². The van der Waals surface area contributed by atoms with Crippen LogP contribution in [-0.2, 0) is 13.2 Å². The van der Waals surface area contributed by atoms with Crippen LogP contribution < -0.4 is 10.1 Å². The number of rotatable bonds is 7. The van der Waals surface area contributed by atoms with E-state index in [1.807, 2.05) is 42.5 Å². The van der Waals surface area contributed by atoms with Crippen LogP contribution in [0.2, 0.25) is 5.02 Å². The van der Waals surface area contributed by atoms with Crippen LogP contribution in [0.1, 0.15) is 29.7 Å². The van der Waals surface area contributed by atoms with Crippen molar-refractivity contribution >= 4 is 11.6 Å². The van der Waals surface area contributed by atoms with Gasteiger partial charge < -0.3 is 10.1 Å². The molecule has 3 heteroatoms. The molecule has 0 fully saturated rings. The second kappa shape index (κ2) is 8.70. The van der Waals surface area contributed by atoms with Gasteiger partial charge >= 0.3 is 0 Å². The molecule has 0 saturated carbocycles. The van der Waals surface area contributed by atoms with Gasteiger partial charge in [0.05, 0.1) is 0 Å². The Bertz CT molecular complexity index is 769. The second-order valence-electron chi connectivity index (χ2n) is 6.07. The highest BCUT2D eigenvalue weighted by Crippen LogP contribution is 2.18. The lowest BCUT2D eigenvalue weighted by Gasteiger charge is -2.15. The van der Waals surface area contributed by atoms with E-state index < -0.39 is 0 Å². The molecule has 128 valence electrons. The zero-order chi connectivity index (χ0) is 17.5. The van der Waals surface area contributed by atoms with E-state index >= 15 is 0 Å². The van der Waals surface area contributed by atoms with Crippen molar-refractivity contribution in [1.29, 1.82) is 0 Å². The van der Waals surface area contributed by atoms with Gasteiger partial charge in [0.15, 0.2) is 0 Å². The fourth-order valence-electron chi connectivity index (χ4n) is 2.58. The summed E-state index contributed by atoms with van der Waals surface area (Å²) in [5.41, 5.74) is 3.63. The van der Waals surface area contributed by atoms with Crippen molar-refractivity contribution in [1.82, 2.24) is 5.32 Å². The number of ether oxygens (including phenoxy) is 1. The molecule has 0 aliphatic rings. The van der Waals surface area contributed by atoms with Crippen molar-refractivity contribution in [3.8, 4) is 5.75 Å². The van der Waals surface area contributed by atoms with Crippen LogP contribution >= 0.6 is 11.6 Å². The molecule has 1 atom stereocenters. The van der Waals surface area contributed by atoms with Crippen LogP contribution in [0, 0.1) is 0 Å². The largest absolute Gasteiger partial charge is 0.489 e. The molecule has 25 heavy (non-hydrogen) atoms. The van der Waals surface area contributed by atoms with Crippen LogP contribution in [0.25, 0.3) is 0 Å². The van der Waals surface area contributed by atoms with E-state index in [9.17, 15) is 0 Å². The lowest BCUT2D eigenvalue weighted by molar-refractivity contribution is 0.306. The number of hydrogen-bond donors (Lipinski definition) is 1. The van der Waals surface area contributed by atoms with Crippen molar-refractivity contribution in [2.45, 2.75) is 26.1 Å². The first-order valence-electron chi connectivity index (χ1n) is 8.45. The summed E-state index contributed by atoms with van der Waals surface area (Å²) >= 11 is 5.94. The van der Waals surface area contributed by atoms with E-state index in [1.165, 1.54) is 16.7 Å².